The first kappa shape index (κ1) is 12.4. The first-order chi connectivity index (χ1) is 8.65. The molecule has 0 aliphatic rings. The highest BCUT2D eigenvalue weighted by atomic mass is 19.2. The van der Waals surface area contributed by atoms with Crippen molar-refractivity contribution in [1.82, 2.24) is 4.98 Å². The highest BCUT2D eigenvalue weighted by Gasteiger charge is 2.19. The molecule has 0 saturated carbocycles. The molecule has 1 aromatic carbocycles. The van der Waals surface area contributed by atoms with E-state index in [4.69, 9.17) is 10.5 Å². The summed E-state index contributed by atoms with van der Waals surface area (Å²) in [5, 5.41) is 0. The molecule has 5 heteroatoms. The van der Waals surface area contributed by atoms with Gasteiger partial charge in [-0.05, 0) is 12.1 Å². The van der Waals surface area contributed by atoms with E-state index in [2.05, 4.69) is 4.98 Å². The van der Waals surface area contributed by atoms with Gasteiger partial charge >= 0.3 is 0 Å². The van der Waals surface area contributed by atoms with E-state index in [-0.39, 0.29) is 5.56 Å². The summed E-state index contributed by atoms with van der Waals surface area (Å²) in [6.07, 6.45) is 3.00. The average molecular weight is 250 g/mol. The number of halogens is 2. The van der Waals surface area contributed by atoms with Crippen LogP contribution in [0.3, 0.4) is 0 Å². The maximum absolute atomic E-state index is 13.7. The molecule has 18 heavy (non-hydrogen) atoms. The van der Waals surface area contributed by atoms with Crippen LogP contribution < -0.4 is 10.5 Å². The van der Waals surface area contributed by atoms with Gasteiger partial charge in [-0.3, -0.25) is 4.98 Å². The van der Waals surface area contributed by atoms with E-state index in [0.29, 0.717) is 11.3 Å². The van der Waals surface area contributed by atoms with Gasteiger partial charge in [0.25, 0.3) is 0 Å². The molecular formula is C13H12F2N2O. The van der Waals surface area contributed by atoms with Crippen molar-refractivity contribution in [2.75, 3.05) is 7.11 Å². The molecule has 0 saturated heterocycles. The average Bonchev–Trinajstić information content (AvgIpc) is 2.41. The number of ether oxygens (including phenoxy) is 1. The van der Waals surface area contributed by atoms with Gasteiger partial charge in [-0.15, -0.1) is 0 Å². The Labute approximate surface area is 103 Å². The fourth-order valence-corrected chi connectivity index (χ4v) is 1.75. The summed E-state index contributed by atoms with van der Waals surface area (Å²) in [7, 11) is 1.47. The first-order valence-electron chi connectivity index (χ1n) is 5.32. The van der Waals surface area contributed by atoms with Crippen LogP contribution >= 0.6 is 0 Å². The molecule has 1 atom stereocenters. The van der Waals surface area contributed by atoms with Crippen molar-refractivity contribution in [2.45, 2.75) is 6.04 Å². The van der Waals surface area contributed by atoms with E-state index < -0.39 is 17.7 Å². The largest absolute Gasteiger partial charge is 0.495 e. The van der Waals surface area contributed by atoms with Crippen LogP contribution in [0.25, 0.3) is 0 Å². The Morgan fingerprint density at radius 1 is 1.22 bits per heavy atom. The first-order valence-corrected chi connectivity index (χ1v) is 5.32. The molecule has 3 nitrogen and oxygen atoms in total. The smallest absolute Gasteiger partial charge is 0.163 e. The molecule has 0 aliphatic carbocycles. The molecule has 1 heterocycles. The van der Waals surface area contributed by atoms with E-state index in [1.54, 1.807) is 6.07 Å². The number of hydrogen-bond donors (Lipinski definition) is 1. The highest BCUT2D eigenvalue weighted by molar-refractivity contribution is 5.39. The lowest BCUT2D eigenvalue weighted by molar-refractivity contribution is 0.405. The summed E-state index contributed by atoms with van der Waals surface area (Å²) < 4.78 is 31.9. The normalized spacial score (nSPS) is 12.2. The van der Waals surface area contributed by atoms with E-state index in [9.17, 15) is 8.78 Å². The number of nitrogens with two attached hydrogens (primary N) is 1. The topological polar surface area (TPSA) is 48.1 Å². The van der Waals surface area contributed by atoms with Crippen LogP contribution in [0.4, 0.5) is 8.78 Å². The predicted octanol–water partition coefficient (Wildman–Crippen LogP) is 2.42. The molecule has 2 rings (SSSR count). The molecule has 0 amide bonds. The Kier molecular flexibility index (Phi) is 3.53. The van der Waals surface area contributed by atoms with Gasteiger partial charge in [-0.2, -0.15) is 0 Å². The summed E-state index contributed by atoms with van der Waals surface area (Å²) in [5.41, 5.74) is 6.58. The van der Waals surface area contributed by atoms with Crippen LogP contribution in [0, 0.1) is 11.6 Å². The van der Waals surface area contributed by atoms with Crippen molar-refractivity contribution >= 4 is 0 Å². The van der Waals surface area contributed by atoms with Crippen molar-refractivity contribution in [1.29, 1.82) is 0 Å². The van der Waals surface area contributed by atoms with Crippen LogP contribution in [0.15, 0.2) is 36.7 Å². The number of nitrogens with zero attached hydrogens (tertiary/aromatic N) is 1. The van der Waals surface area contributed by atoms with E-state index in [0.717, 1.165) is 6.07 Å². The van der Waals surface area contributed by atoms with Gasteiger partial charge in [-0.1, -0.05) is 12.1 Å². The molecule has 1 unspecified atom stereocenters. The second kappa shape index (κ2) is 5.10. The van der Waals surface area contributed by atoms with Crippen LogP contribution in [0.1, 0.15) is 17.2 Å². The fourth-order valence-electron chi connectivity index (χ4n) is 1.75. The van der Waals surface area contributed by atoms with Gasteiger partial charge in [0, 0.05) is 17.3 Å². The minimum absolute atomic E-state index is 0.0829. The Bertz CT molecular complexity index is 560. The lowest BCUT2D eigenvalue weighted by Crippen LogP contribution is -2.15. The van der Waals surface area contributed by atoms with Crippen LogP contribution in [0.2, 0.25) is 0 Å². The van der Waals surface area contributed by atoms with Gasteiger partial charge in [0.2, 0.25) is 0 Å². The summed E-state index contributed by atoms with van der Waals surface area (Å²) in [6, 6.07) is 4.73. The van der Waals surface area contributed by atoms with Crippen molar-refractivity contribution in [3.8, 4) is 5.75 Å². The number of rotatable bonds is 3. The van der Waals surface area contributed by atoms with Crippen LogP contribution in [-0.2, 0) is 0 Å². The third-order valence-corrected chi connectivity index (χ3v) is 2.69. The summed E-state index contributed by atoms with van der Waals surface area (Å²) in [4.78, 5) is 3.88. The molecule has 0 radical (unpaired) electrons. The van der Waals surface area contributed by atoms with Crippen LogP contribution in [-0.4, -0.2) is 12.1 Å². The quantitative estimate of drug-likeness (QED) is 0.910. The van der Waals surface area contributed by atoms with Crippen molar-refractivity contribution < 1.29 is 13.5 Å². The zero-order chi connectivity index (χ0) is 13.1. The minimum atomic E-state index is -0.941. The molecule has 0 bridgehead atoms. The summed E-state index contributed by atoms with van der Waals surface area (Å²) in [6.45, 7) is 0. The molecule has 1 aromatic heterocycles. The lowest BCUT2D eigenvalue weighted by Gasteiger charge is -2.16. The third kappa shape index (κ3) is 2.17. The Balaban J connectivity index is 2.48. The van der Waals surface area contributed by atoms with E-state index >= 15 is 0 Å². The van der Waals surface area contributed by atoms with E-state index in [1.165, 1.54) is 31.6 Å². The van der Waals surface area contributed by atoms with Gasteiger partial charge in [-0.25, -0.2) is 8.78 Å². The zero-order valence-electron chi connectivity index (χ0n) is 9.73. The minimum Gasteiger partial charge on any atom is -0.495 e. The third-order valence-electron chi connectivity index (χ3n) is 2.69. The van der Waals surface area contributed by atoms with Gasteiger partial charge in [0.05, 0.1) is 19.3 Å². The van der Waals surface area contributed by atoms with E-state index in [1.807, 2.05) is 0 Å². The lowest BCUT2D eigenvalue weighted by atomic mass is 9.99. The number of pyridine rings is 1. The second-order valence-corrected chi connectivity index (χ2v) is 3.74. The molecule has 94 valence electrons. The zero-order valence-corrected chi connectivity index (χ0v) is 9.73. The summed E-state index contributed by atoms with van der Waals surface area (Å²) in [5.74, 6) is -1.42. The fraction of sp³-hybridized carbons (Fsp3) is 0.154. The maximum atomic E-state index is 13.7. The number of aromatic nitrogens is 1. The van der Waals surface area contributed by atoms with Gasteiger partial charge in [0.15, 0.2) is 11.6 Å². The highest BCUT2D eigenvalue weighted by Crippen LogP contribution is 2.29. The van der Waals surface area contributed by atoms with Crippen molar-refractivity contribution in [2.24, 2.45) is 5.73 Å². The SMILES string of the molecule is COc1cnccc1C(N)c1cccc(F)c1F. The number of hydrogen-bond acceptors (Lipinski definition) is 3. The molecule has 0 fully saturated rings. The monoisotopic (exact) mass is 250 g/mol. The molecular weight excluding hydrogens is 238 g/mol. The standard InChI is InChI=1S/C13H12F2N2O/c1-18-11-7-17-6-5-8(11)13(16)9-3-2-4-10(14)12(9)15/h2-7,13H,16H2,1H3. The van der Waals surface area contributed by atoms with Gasteiger partial charge < -0.3 is 10.5 Å². The Morgan fingerprint density at radius 2 is 2.00 bits per heavy atom. The summed E-state index contributed by atoms with van der Waals surface area (Å²) >= 11 is 0. The Morgan fingerprint density at radius 3 is 2.72 bits per heavy atom. The predicted molar refractivity (Wildman–Crippen MR) is 63.2 cm³/mol. The molecule has 2 N–H and O–H groups in total. The number of benzene rings is 1. The maximum Gasteiger partial charge on any atom is 0.163 e. The van der Waals surface area contributed by atoms with Crippen molar-refractivity contribution in [3.05, 3.63) is 59.4 Å². The van der Waals surface area contributed by atoms with Crippen LogP contribution in [0.5, 0.6) is 5.75 Å². The Hall–Kier alpha value is -2.01. The molecule has 0 spiro atoms. The molecule has 0 aliphatic heterocycles. The van der Waals surface area contributed by atoms with Crippen molar-refractivity contribution in [3.63, 3.8) is 0 Å². The van der Waals surface area contributed by atoms with Gasteiger partial charge in [0.1, 0.15) is 5.75 Å². The molecule has 2 aromatic rings. The number of methoxy groups -OCH3 is 1. The second-order valence-electron chi connectivity index (χ2n) is 3.74.